The number of ether oxygens (including phenoxy) is 2. The van der Waals surface area contributed by atoms with E-state index in [1.165, 1.54) is 13.3 Å². The lowest BCUT2D eigenvalue weighted by atomic mass is 10.2. The second-order valence-electron chi connectivity index (χ2n) is 3.23. The lowest BCUT2D eigenvalue weighted by molar-refractivity contribution is -0.139. The molecule has 0 aromatic heterocycles. The molecule has 0 aliphatic rings. The summed E-state index contributed by atoms with van der Waals surface area (Å²) in [4.78, 5) is 15.2. The highest BCUT2D eigenvalue weighted by molar-refractivity contribution is 5.85. The standard InChI is InChI=1S/C12H12N2O5/c1-17-10-4-2-3-9(7-14-19-6-5-13)12(10)18-8-11(15)16/h2-4,7H,6,8H2,1H3,(H,15,16)/b14-7+. The van der Waals surface area contributed by atoms with Crippen LogP contribution in [0.3, 0.4) is 0 Å². The van der Waals surface area contributed by atoms with Gasteiger partial charge in [0.1, 0.15) is 6.07 Å². The summed E-state index contributed by atoms with van der Waals surface area (Å²) in [6.07, 6.45) is 1.32. The van der Waals surface area contributed by atoms with Crippen LogP contribution in [-0.4, -0.2) is 37.6 Å². The highest BCUT2D eigenvalue weighted by atomic mass is 16.6. The van der Waals surface area contributed by atoms with E-state index in [2.05, 4.69) is 9.99 Å². The normalized spacial score (nSPS) is 9.89. The average molecular weight is 264 g/mol. The molecule has 0 amide bonds. The molecule has 0 bridgehead atoms. The zero-order valence-corrected chi connectivity index (χ0v) is 10.2. The lowest BCUT2D eigenvalue weighted by Crippen LogP contribution is -2.11. The number of rotatable bonds is 7. The molecule has 0 radical (unpaired) electrons. The van der Waals surface area contributed by atoms with Gasteiger partial charge in [0.25, 0.3) is 0 Å². The van der Waals surface area contributed by atoms with Gasteiger partial charge in [-0.25, -0.2) is 4.79 Å². The number of nitrogens with zero attached hydrogens (tertiary/aromatic N) is 2. The van der Waals surface area contributed by atoms with Gasteiger partial charge in [-0.05, 0) is 12.1 Å². The Kier molecular flexibility index (Phi) is 5.69. The number of hydrogen-bond donors (Lipinski definition) is 1. The lowest BCUT2D eigenvalue weighted by Gasteiger charge is -2.11. The zero-order valence-electron chi connectivity index (χ0n) is 10.2. The summed E-state index contributed by atoms with van der Waals surface area (Å²) >= 11 is 0. The van der Waals surface area contributed by atoms with E-state index >= 15 is 0 Å². The van der Waals surface area contributed by atoms with Crippen LogP contribution in [0.25, 0.3) is 0 Å². The molecule has 100 valence electrons. The van der Waals surface area contributed by atoms with Crippen molar-refractivity contribution in [2.75, 3.05) is 20.3 Å². The van der Waals surface area contributed by atoms with Crippen LogP contribution in [0.2, 0.25) is 0 Å². The molecular weight excluding hydrogens is 252 g/mol. The molecular formula is C12H12N2O5. The van der Waals surface area contributed by atoms with Crippen LogP contribution < -0.4 is 9.47 Å². The number of hydrogen-bond acceptors (Lipinski definition) is 6. The molecule has 1 N–H and O–H groups in total. The minimum absolute atomic E-state index is 0.175. The zero-order chi connectivity index (χ0) is 14.1. The number of methoxy groups -OCH3 is 1. The van der Waals surface area contributed by atoms with Gasteiger partial charge in [0.15, 0.2) is 18.1 Å². The SMILES string of the molecule is COc1cccc(/C=N/OCC#N)c1OCC(=O)O. The molecule has 19 heavy (non-hydrogen) atoms. The third-order valence-electron chi connectivity index (χ3n) is 1.96. The Bertz CT molecular complexity index is 507. The fourth-order valence-electron chi connectivity index (χ4n) is 1.24. The van der Waals surface area contributed by atoms with Crippen LogP contribution in [-0.2, 0) is 9.63 Å². The molecule has 0 saturated heterocycles. The van der Waals surface area contributed by atoms with Gasteiger partial charge in [-0.2, -0.15) is 5.26 Å². The molecule has 0 atom stereocenters. The first-order valence-corrected chi connectivity index (χ1v) is 5.23. The Morgan fingerprint density at radius 1 is 1.58 bits per heavy atom. The van der Waals surface area contributed by atoms with Crippen molar-refractivity contribution in [3.63, 3.8) is 0 Å². The van der Waals surface area contributed by atoms with E-state index in [9.17, 15) is 4.79 Å². The highest BCUT2D eigenvalue weighted by Crippen LogP contribution is 2.29. The second kappa shape index (κ2) is 7.55. The van der Waals surface area contributed by atoms with Gasteiger partial charge in [-0.1, -0.05) is 11.2 Å². The molecule has 1 aromatic carbocycles. The summed E-state index contributed by atoms with van der Waals surface area (Å²) < 4.78 is 10.2. The fourth-order valence-corrected chi connectivity index (χ4v) is 1.24. The van der Waals surface area contributed by atoms with Gasteiger partial charge in [0, 0.05) is 5.56 Å². The van der Waals surface area contributed by atoms with E-state index in [4.69, 9.17) is 19.8 Å². The number of carboxylic acid groups (broad SMARTS) is 1. The third-order valence-corrected chi connectivity index (χ3v) is 1.96. The number of benzene rings is 1. The predicted octanol–water partition coefficient (Wildman–Crippen LogP) is 1.03. The first-order chi connectivity index (χ1) is 9.19. The minimum Gasteiger partial charge on any atom is -0.493 e. The summed E-state index contributed by atoms with van der Waals surface area (Å²) in [6.45, 7) is -0.675. The average Bonchev–Trinajstić information content (AvgIpc) is 2.41. The maximum absolute atomic E-state index is 10.5. The van der Waals surface area contributed by atoms with E-state index in [-0.39, 0.29) is 12.4 Å². The molecule has 0 aliphatic heterocycles. The van der Waals surface area contributed by atoms with Crippen LogP contribution >= 0.6 is 0 Å². The molecule has 7 nitrogen and oxygen atoms in total. The molecule has 0 fully saturated rings. The maximum atomic E-state index is 10.5. The van der Waals surface area contributed by atoms with Gasteiger partial charge in [0.2, 0.25) is 6.61 Å². The topological polar surface area (TPSA) is 101 Å². The molecule has 7 heteroatoms. The number of carbonyl (C=O) groups is 1. The molecule has 0 unspecified atom stereocenters. The summed E-state index contributed by atoms with van der Waals surface area (Å²) in [7, 11) is 1.44. The van der Waals surface area contributed by atoms with Crippen molar-refractivity contribution in [1.82, 2.24) is 0 Å². The van der Waals surface area contributed by atoms with E-state index in [1.807, 2.05) is 0 Å². The molecule has 0 aliphatic carbocycles. The van der Waals surface area contributed by atoms with Gasteiger partial charge >= 0.3 is 5.97 Å². The molecule has 1 rings (SSSR count). The first-order valence-electron chi connectivity index (χ1n) is 5.23. The van der Waals surface area contributed by atoms with Crippen molar-refractivity contribution in [2.45, 2.75) is 0 Å². The van der Waals surface area contributed by atoms with Crippen molar-refractivity contribution in [1.29, 1.82) is 5.26 Å². The van der Waals surface area contributed by atoms with E-state index in [0.29, 0.717) is 11.3 Å². The second-order valence-corrected chi connectivity index (χ2v) is 3.23. The number of oxime groups is 1. The molecule has 0 heterocycles. The van der Waals surface area contributed by atoms with E-state index in [0.717, 1.165) is 0 Å². The quantitative estimate of drug-likeness (QED) is 0.448. The van der Waals surface area contributed by atoms with Crippen molar-refractivity contribution in [3.8, 4) is 17.6 Å². The number of aliphatic carboxylic acids is 1. The van der Waals surface area contributed by atoms with Gasteiger partial charge in [0.05, 0.1) is 13.3 Å². The molecule has 0 saturated carbocycles. The third kappa shape index (κ3) is 4.55. The van der Waals surface area contributed by atoms with Gasteiger partial charge in [-0.15, -0.1) is 0 Å². The predicted molar refractivity (Wildman–Crippen MR) is 65.3 cm³/mol. The maximum Gasteiger partial charge on any atom is 0.341 e. The molecule has 0 spiro atoms. The van der Waals surface area contributed by atoms with E-state index < -0.39 is 12.6 Å². The summed E-state index contributed by atoms with van der Waals surface area (Å²) in [6, 6.07) is 6.74. The number of nitriles is 1. The Morgan fingerprint density at radius 2 is 2.37 bits per heavy atom. The van der Waals surface area contributed by atoms with Crippen molar-refractivity contribution >= 4 is 12.2 Å². The van der Waals surface area contributed by atoms with Crippen molar-refractivity contribution < 1.29 is 24.2 Å². The Morgan fingerprint density at radius 3 is 3.00 bits per heavy atom. The Labute approximate surface area is 109 Å². The van der Waals surface area contributed by atoms with Gasteiger partial charge < -0.3 is 19.4 Å². The van der Waals surface area contributed by atoms with Crippen LogP contribution in [0.15, 0.2) is 23.4 Å². The highest BCUT2D eigenvalue weighted by Gasteiger charge is 2.11. The Hall–Kier alpha value is -2.75. The van der Waals surface area contributed by atoms with Gasteiger partial charge in [-0.3, -0.25) is 0 Å². The summed E-state index contributed by atoms with van der Waals surface area (Å²) in [5, 5.41) is 20.5. The monoisotopic (exact) mass is 264 g/mol. The van der Waals surface area contributed by atoms with Crippen molar-refractivity contribution in [2.24, 2.45) is 5.16 Å². The molecule has 1 aromatic rings. The number of para-hydroxylation sites is 1. The summed E-state index contributed by atoms with van der Waals surface area (Å²) in [5.74, 6) is -0.475. The minimum atomic E-state index is -1.10. The van der Waals surface area contributed by atoms with Crippen molar-refractivity contribution in [3.05, 3.63) is 23.8 Å². The first kappa shape index (κ1) is 14.3. The fraction of sp³-hybridized carbons (Fsp3) is 0.250. The van der Waals surface area contributed by atoms with Crippen LogP contribution in [0.1, 0.15) is 5.56 Å². The Balaban J connectivity index is 2.92. The van der Waals surface area contributed by atoms with Crippen LogP contribution in [0.5, 0.6) is 11.5 Å². The van der Waals surface area contributed by atoms with E-state index in [1.54, 1.807) is 24.3 Å². The van der Waals surface area contributed by atoms with Crippen LogP contribution in [0.4, 0.5) is 0 Å². The largest absolute Gasteiger partial charge is 0.493 e. The summed E-state index contributed by atoms with van der Waals surface area (Å²) in [5.41, 5.74) is 0.485. The smallest absolute Gasteiger partial charge is 0.341 e. The number of carboxylic acids is 1. The van der Waals surface area contributed by atoms with Crippen LogP contribution in [0, 0.1) is 11.3 Å².